The molecule has 0 fully saturated rings. The minimum Gasteiger partial charge on any atom is -0.384 e. The second-order valence-electron chi connectivity index (χ2n) is 6.08. The summed E-state index contributed by atoms with van der Waals surface area (Å²) in [5.41, 5.74) is 2.53. The zero-order chi connectivity index (χ0) is 12.8. The first-order chi connectivity index (χ1) is 7.31. The highest BCUT2D eigenvalue weighted by molar-refractivity contribution is 6.58. The van der Waals surface area contributed by atoms with Crippen LogP contribution in [0.5, 0.6) is 0 Å². The Morgan fingerprint density at radius 3 is 2.12 bits per heavy atom. The number of rotatable bonds is 6. The van der Waals surface area contributed by atoms with E-state index in [1.165, 1.54) is 18.5 Å². The van der Waals surface area contributed by atoms with Crippen LogP contribution in [0, 0.1) is 0 Å². The summed E-state index contributed by atoms with van der Waals surface area (Å²) < 4.78 is 0. The Morgan fingerprint density at radius 1 is 1.25 bits per heavy atom. The van der Waals surface area contributed by atoms with E-state index in [4.69, 9.17) is 0 Å². The Bertz CT molecular complexity index is 213. The lowest BCUT2D eigenvalue weighted by molar-refractivity contribution is 0.458. The molecule has 0 aromatic carbocycles. The summed E-state index contributed by atoms with van der Waals surface area (Å²) in [7, 11) is -0.613. The third-order valence-electron chi connectivity index (χ3n) is 2.75. The molecule has 0 spiro atoms. The highest BCUT2D eigenvalue weighted by atomic mass is 28.3. The monoisotopic (exact) mass is 241 g/mol. The summed E-state index contributed by atoms with van der Waals surface area (Å²) in [6.45, 7) is 16.2. The van der Waals surface area contributed by atoms with Crippen molar-refractivity contribution in [2.24, 2.45) is 0 Å². The number of allylic oxidation sites excluding steroid dienone is 2. The molecule has 1 nitrogen and oxygen atoms in total. The third kappa shape index (κ3) is 6.36. The normalized spacial score (nSPS) is 15.4. The standard InChI is InChI=1S/C14H31NSi/c1-8-10-12(15-14(3,4)5)13(11-9-2)16(6)7/h10,13,15-16H,8-9,11H2,1-7H3/b12-10+. The van der Waals surface area contributed by atoms with E-state index in [0.29, 0.717) is 0 Å². The lowest BCUT2D eigenvalue weighted by Gasteiger charge is -2.31. The van der Waals surface area contributed by atoms with Gasteiger partial charge in [-0.25, -0.2) is 0 Å². The Kier molecular flexibility index (Phi) is 7.05. The summed E-state index contributed by atoms with van der Waals surface area (Å²) in [6, 6.07) is 0. The van der Waals surface area contributed by atoms with E-state index >= 15 is 0 Å². The SMILES string of the molecule is CC/C=C(/NC(C)(C)C)C(CCC)[SiH](C)C. The molecule has 2 heteroatoms. The largest absolute Gasteiger partial charge is 0.384 e. The molecule has 1 atom stereocenters. The molecular formula is C14H31NSi. The van der Waals surface area contributed by atoms with Crippen LogP contribution in [0.3, 0.4) is 0 Å². The van der Waals surface area contributed by atoms with Crippen LogP contribution < -0.4 is 5.32 Å². The van der Waals surface area contributed by atoms with E-state index < -0.39 is 8.80 Å². The Balaban J connectivity index is 4.79. The molecule has 96 valence electrons. The van der Waals surface area contributed by atoms with E-state index in [2.05, 4.69) is 59.1 Å². The Hall–Kier alpha value is -0.243. The van der Waals surface area contributed by atoms with Crippen LogP contribution in [0.4, 0.5) is 0 Å². The first kappa shape index (κ1) is 15.8. The van der Waals surface area contributed by atoms with Gasteiger partial charge in [0.15, 0.2) is 0 Å². The fourth-order valence-corrected chi connectivity index (χ4v) is 4.04. The van der Waals surface area contributed by atoms with Gasteiger partial charge in [0.25, 0.3) is 0 Å². The van der Waals surface area contributed by atoms with Crippen molar-refractivity contribution in [3.63, 3.8) is 0 Å². The van der Waals surface area contributed by atoms with E-state index in [9.17, 15) is 0 Å². The molecule has 0 radical (unpaired) electrons. The fourth-order valence-electron chi connectivity index (χ4n) is 2.11. The zero-order valence-corrected chi connectivity index (χ0v) is 13.5. The Labute approximate surface area is 104 Å². The summed E-state index contributed by atoms with van der Waals surface area (Å²) in [6.07, 6.45) is 6.18. The van der Waals surface area contributed by atoms with Crippen molar-refractivity contribution in [2.75, 3.05) is 0 Å². The zero-order valence-electron chi connectivity index (χ0n) is 12.4. The molecule has 0 rings (SSSR count). The second-order valence-corrected chi connectivity index (χ2v) is 9.37. The average molecular weight is 241 g/mol. The maximum Gasteiger partial charge on any atom is 0.0406 e. The highest BCUT2D eigenvalue weighted by Crippen LogP contribution is 2.27. The predicted octanol–water partition coefficient (Wildman–Crippen LogP) is 4.33. The molecule has 16 heavy (non-hydrogen) atoms. The van der Waals surface area contributed by atoms with E-state index in [1.807, 2.05) is 0 Å². The van der Waals surface area contributed by atoms with Gasteiger partial charge in [0, 0.05) is 20.0 Å². The van der Waals surface area contributed by atoms with Crippen LogP contribution in [0.2, 0.25) is 18.6 Å². The fraction of sp³-hybridized carbons (Fsp3) is 0.857. The molecule has 0 saturated carbocycles. The summed E-state index contributed by atoms with van der Waals surface area (Å²) in [5.74, 6) is 0. The summed E-state index contributed by atoms with van der Waals surface area (Å²) >= 11 is 0. The molecule has 0 saturated heterocycles. The van der Waals surface area contributed by atoms with Gasteiger partial charge >= 0.3 is 0 Å². The number of hydrogen-bond donors (Lipinski definition) is 1. The van der Waals surface area contributed by atoms with Gasteiger partial charge in [-0.3, -0.25) is 0 Å². The quantitative estimate of drug-likeness (QED) is 0.683. The van der Waals surface area contributed by atoms with Gasteiger partial charge in [-0.15, -0.1) is 0 Å². The topological polar surface area (TPSA) is 12.0 Å². The van der Waals surface area contributed by atoms with Crippen LogP contribution in [0.25, 0.3) is 0 Å². The third-order valence-corrected chi connectivity index (χ3v) is 5.05. The van der Waals surface area contributed by atoms with Crippen LogP contribution in [-0.2, 0) is 0 Å². The lowest BCUT2D eigenvalue weighted by Crippen LogP contribution is -2.38. The molecule has 1 N–H and O–H groups in total. The lowest BCUT2D eigenvalue weighted by atomic mass is 10.1. The minimum absolute atomic E-state index is 0.191. The van der Waals surface area contributed by atoms with Gasteiger partial charge in [0.1, 0.15) is 0 Å². The van der Waals surface area contributed by atoms with Crippen molar-refractivity contribution in [1.29, 1.82) is 0 Å². The van der Waals surface area contributed by atoms with Gasteiger partial charge in [-0.05, 0) is 39.2 Å². The maximum absolute atomic E-state index is 3.72. The Morgan fingerprint density at radius 2 is 1.81 bits per heavy atom. The van der Waals surface area contributed by atoms with E-state index in [-0.39, 0.29) is 5.54 Å². The molecule has 0 bridgehead atoms. The molecule has 0 aromatic rings. The van der Waals surface area contributed by atoms with Gasteiger partial charge in [-0.1, -0.05) is 39.4 Å². The minimum atomic E-state index is -0.613. The van der Waals surface area contributed by atoms with E-state index in [1.54, 1.807) is 0 Å². The van der Waals surface area contributed by atoms with Crippen LogP contribution in [-0.4, -0.2) is 14.3 Å². The van der Waals surface area contributed by atoms with Crippen molar-refractivity contribution in [3.05, 3.63) is 11.8 Å². The molecule has 1 unspecified atom stereocenters. The van der Waals surface area contributed by atoms with Crippen molar-refractivity contribution < 1.29 is 0 Å². The summed E-state index contributed by atoms with van der Waals surface area (Å²) in [4.78, 5) is 0. The van der Waals surface area contributed by atoms with Crippen molar-refractivity contribution in [3.8, 4) is 0 Å². The summed E-state index contributed by atoms with van der Waals surface area (Å²) in [5, 5.41) is 3.72. The predicted molar refractivity (Wildman–Crippen MR) is 78.8 cm³/mol. The first-order valence-corrected chi connectivity index (χ1v) is 9.77. The van der Waals surface area contributed by atoms with E-state index in [0.717, 1.165) is 12.0 Å². The molecular weight excluding hydrogens is 210 g/mol. The highest BCUT2D eigenvalue weighted by Gasteiger charge is 2.21. The van der Waals surface area contributed by atoms with Gasteiger partial charge in [0.2, 0.25) is 0 Å². The molecule has 0 aliphatic rings. The van der Waals surface area contributed by atoms with Crippen molar-refractivity contribution in [1.82, 2.24) is 5.32 Å². The smallest absolute Gasteiger partial charge is 0.0406 e. The first-order valence-electron chi connectivity index (χ1n) is 6.80. The second kappa shape index (κ2) is 7.15. The molecule has 0 heterocycles. The van der Waals surface area contributed by atoms with Gasteiger partial charge in [-0.2, -0.15) is 0 Å². The van der Waals surface area contributed by atoms with Crippen molar-refractivity contribution in [2.45, 2.75) is 78.1 Å². The van der Waals surface area contributed by atoms with Crippen LogP contribution in [0.1, 0.15) is 53.9 Å². The molecule has 0 aliphatic heterocycles. The molecule has 0 aromatic heterocycles. The van der Waals surface area contributed by atoms with Crippen LogP contribution >= 0.6 is 0 Å². The van der Waals surface area contributed by atoms with Gasteiger partial charge in [0.05, 0.1) is 0 Å². The van der Waals surface area contributed by atoms with Gasteiger partial charge < -0.3 is 5.32 Å². The molecule has 0 amide bonds. The number of nitrogens with one attached hydrogen (secondary N) is 1. The number of hydrogen-bond acceptors (Lipinski definition) is 1. The van der Waals surface area contributed by atoms with Crippen molar-refractivity contribution >= 4 is 8.80 Å². The average Bonchev–Trinajstić information content (AvgIpc) is 2.10. The van der Waals surface area contributed by atoms with Crippen LogP contribution in [0.15, 0.2) is 11.8 Å². The molecule has 0 aliphatic carbocycles. The maximum atomic E-state index is 3.72.